The maximum Gasteiger partial charge on any atom is 0.292 e. The topological polar surface area (TPSA) is 157 Å². The van der Waals surface area contributed by atoms with Gasteiger partial charge in [-0.3, -0.25) is 34.8 Å². The van der Waals surface area contributed by atoms with Gasteiger partial charge in [0.05, 0.1) is 9.85 Å². The highest BCUT2D eigenvalue weighted by molar-refractivity contribution is 6.29. The lowest BCUT2D eigenvalue weighted by molar-refractivity contribution is -0.384. The van der Waals surface area contributed by atoms with Gasteiger partial charge in [-0.2, -0.15) is 0 Å². The van der Waals surface area contributed by atoms with E-state index < -0.39 is 27.2 Å². The Morgan fingerprint density at radius 1 is 0.781 bits per heavy atom. The van der Waals surface area contributed by atoms with Gasteiger partial charge in [0, 0.05) is 24.5 Å². The monoisotopic (exact) mass is 433 g/mol. The van der Waals surface area contributed by atoms with Gasteiger partial charge in [-0.25, -0.2) is 0 Å². The van der Waals surface area contributed by atoms with Crippen LogP contribution in [0.25, 0.3) is 6.08 Å². The first-order chi connectivity index (χ1) is 15.4. The second-order valence-corrected chi connectivity index (χ2v) is 6.30. The molecule has 0 fully saturated rings. The number of hydrogen-bond donors (Lipinski definition) is 2. The molecule has 32 heavy (non-hydrogen) atoms. The Balaban J connectivity index is 1.97. The lowest BCUT2D eigenvalue weighted by atomic mass is 10.1. The van der Waals surface area contributed by atoms with Crippen LogP contribution in [0.5, 0.6) is 0 Å². The van der Waals surface area contributed by atoms with Crippen LogP contribution in [-0.2, 0) is 9.59 Å². The number of hydrogen-bond acceptors (Lipinski definition) is 7. The standard InChI is InChI=1S/C21H15N5O6/c27-20(23-16-7-1-3-9-18(16)25(29)30)15(12-14-6-5-11-22-13-14)21(28)24-17-8-2-4-10-19(17)26(31)32/h1-13H,(H,23,27)(H,24,28). The summed E-state index contributed by atoms with van der Waals surface area (Å²) in [6, 6.07) is 14.0. The summed E-state index contributed by atoms with van der Waals surface area (Å²) in [7, 11) is 0. The van der Waals surface area contributed by atoms with Crippen LogP contribution < -0.4 is 10.6 Å². The minimum absolute atomic E-state index is 0.113. The molecule has 160 valence electrons. The van der Waals surface area contributed by atoms with Crippen molar-refractivity contribution in [3.63, 3.8) is 0 Å². The Labute approximate surface area is 180 Å². The van der Waals surface area contributed by atoms with Gasteiger partial charge in [-0.15, -0.1) is 0 Å². The third-order valence-corrected chi connectivity index (χ3v) is 4.18. The number of nitrogens with one attached hydrogen (secondary N) is 2. The smallest absolute Gasteiger partial charge is 0.292 e. The Hall–Kier alpha value is -4.93. The average molecular weight is 433 g/mol. The van der Waals surface area contributed by atoms with E-state index in [9.17, 15) is 29.8 Å². The van der Waals surface area contributed by atoms with Gasteiger partial charge < -0.3 is 10.6 Å². The minimum Gasteiger partial charge on any atom is -0.316 e. The van der Waals surface area contributed by atoms with Crippen molar-refractivity contribution in [2.24, 2.45) is 0 Å². The van der Waals surface area contributed by atoms with E-state index >= 15 is 0 Å². The number of anilines is 2. The molecule has 11 heteroatoms. The van der Waals surface area contributed by atoms with Gasteiger partial charge >= 0.3 is 0 Å². The van der Waals surface area contributed by atoms with Crippen molar-refractivity contribution in [2.75, 3.05) is 10.6 Å². The molecule has 0 unspecified atom stereocenters. The summed E-state index contributed by atoms with van der Waals surface area (Å²) in [4.78, 5) is 50.9. The molecule has 0 saturated carbocycles. The minimum atomic E-state index is -0.945. The Morgan fingerprint density at radius 3 is 1.72 bits per heavy atom. The molecule has 3 rings (SSSR count). The van der Waals surface area contributed by atoms with Gasteiger partial charge in [0.25, 0.3) is 23.2 Å². The summed E-state index contributed by atoms with van der Waals surface area (Å²) in [6.07, 6.45) is 4.12. The maximum absolute atomic E-state index is 12.9. The summed E-state index contributed by atoms with van der Waals surface area (Å²) >= 11 is 0. The van der Waals surface area contributed by atoms with E-state index in [0.29, 0.717) is 5.56 Å². The fourth-order valence-corrected chi connectivity index (χ4v) is 2.72. The quantitative estimate of drug-likeness (QED) is 0.189. The highest BCUT2D eigenvalue weighted by Crippen LogP contribution is 2.26. The van der Waals surface area contributed by atoms with E-state index in [0.717, 1.165) is 0 Å². The van der Waals surface area contributed by atoms with Crippen molar-refractivity contribution in [2.45, 2.75) is 0 Å². The molecule has 2 N–H and O–H groups in total. The van der Waals surface area contributed by atoms with Crippen LogP contribution >= 0.6 is 0 Å². The predicted molar refractivity (Wildman–Crippen MR) is 116 cm³/mol. The number of nitrogens with zero attached hydrogens (tertiary/aromatic N) is 3. The van der Waals surface area contributed by atoms with Crippen molar-refractivity contribution >= 4 is 40.6 Å². The third-order valence-electron chi connectivity index (χ3n) is 4.18. The molecular weight excluding hydrogens is 418 g/mol. The largest absolute Gasteiger partial charge is 0.316 e. The lowest BCUT2D eigenvalue weighted by Gasteiger charge is -2.11. The lowest BCUT2D eigenvalue weighted by Crippen LogP contribution is -2.26. The first kappa shape index (κ1) is 21.8. The average Bonchev–Trinajstić information content (AvgIpc) is 2.78. The number of amides is 2. The zero-order chi connectivity index (χ0) is 23.1. The van der Waals surface area contributed by atoms with Crippen LogP contribution in [0, 0.1) is 20.2 Å². The molecule has 1 aromatic heterocycles. The molecule has 0 aliphatic rings. The molecule has 1 heterocycles. The zero-order valence-electron chi connectivity index (χ0n) is 16.3. The van der Waals surface area contributed by atoms with E-state index in [2.05, 4.69) is 15.6 Å². The SMILES string of the molecule is O=C(Nc1ccccc1[N+](=O)[O-])C(=Cc1cccnc1)C(=O)Nc1ccccc1[N+](=O)[O-]. The number of carbonyl (C=O) groups is 2. The van der Waals surface area contributed by atoms with Gasteiger partial charge in [0.1, 0.15) is 16.9 Å². The third kappa shape index (κ3) is 5.16. The van der Waals surface area contributed by atoms with Crippen molar-refractivity contribution in [1.82, 2.24) is 4.98 Å². The number of rotatable bonds is 7. The summed E-state index contributed by atoms with van der Waals surface area (Å²) in [5, 5.41) is 27.2. The van der Waals surface area contributed by atoms with Crippen LogP contribution in [0.3, 0.4) is 0 Å². The molecule has 0 atom stereocenters. The number of pyridine rings is 1. The number of aromatic nitrogens is 1. The number of para-hydroxylation sites is 4. The van der Waals surface area contributed by atoms with Gasteiger partial charge in [-0.1, -0.05) is 30.3 Å². The molecular formula is C21H15N5O6. The number of nitro benzene ring substituents is 2. The second kappa shape index (κ2) is 9.71. The Bertz CT molecular complexity index is 1150. The molecule has 0 bridgehead atoms. The van der Waals surface area contributed by atoms with Crippen LogP contribution in [-0.4, -0.2) is 26.6 Å². The fraction of sp³-hybridized carbons (Fsp3) is 0. The van der Waals surface area contributed by atoms with Crippen LogP contribution in [0.15, 0.2) is 78.6 Å². The van der Waals surface area contributed by atoms with Gasteiger partial charge in [0.2, 0.25) is 0 Å². The van der Waals surface area contributed by atoms with E-state index in [4.69, 9.17) is 0 Å². The van der Waals surface area contributed by atoms with Crippen molar-refractivity contribution in [1.29, 1.82) is 0 Å². The molecule has 2 aromatic carbocycles. The van der Waals surface area contributed by atoms with Gasteiger partial charge in [-0.05, 0) is 29.8 Å². The Morgan fingerprint density at radius 2 is 1.28 bits per heavy atom. The zero-order valence-corrected chi connectivity index (χ0v) is 16.3. The predicted octanol–water partition coefficient (Wildman–Crippen LogP) is 3.56. The number of nitro groups is 2. The normalized spacial score (nSPS) is 10.0. The molecule has 11 nitrogen and oxygen atoms in total. The number of carbonyl (C=O) groups excluding carboxylic acids is 2. The molecule has 0 spiro atoms. The highest BCUT2D eigenvalue weighted by Gasteiger charge is 2.24. The maximum atomic E-state index is 12.9. The fourth-order valence-electron chi connectivity index (χ4n) is 2.72. The number of benzene rings is 2. The van der Waals surface area contributed by atoms with Crippen molar-refractivity contribution in [3.05, 3.63) is 104 Å². The van der Waals surface area contributed by atoms with E-state index in [1.807, 2.05) is 0 Å². The van der Waals surface area contributed by atoms with E-state index in [1.165, 1.54) is 67.0 Å². The van der Waals surface area contributed by atoms with Crippen molar-refractivity contribution in [3.8, 4) is 0 Å². The summed E-state index contributed by atoms with van der Waals surface area (Å²) in [6.45, 7) is 0. The summed E-state index contributed by atoms with van der Waals surface area (Å²) < 4.78 is 0. The van der Waals surface area contributed by atoms with Crippen LogP contribution in [0.4, 0.5) is 22.7 Å². The Kier molecular flexibility index (Phi) is 6.61. The van der Waals surface area contributed by atoms with Crippen molar-refractivity contribution < 1.29 is 19.4 Å². The van der Waals surface area contributed by atoms with Crippen LogP contribution in [0.1, 0.15) is 5.56 Å². The summed E-state index contributed by atoms with van der Waals surface area (Å²) in [5.41, 5.74) is -0.982. The van der Waals surface area contributed by atoms with Crippen LogP contribution in [0.2, 0.25) is 0 Å². The molecule has 0 aliphatic heterocycles. The molecule has 0 aliphatic carbocycles. The van der Waals surface area contributed by atoms with E-state index in [1.54, 1.807) is 12.1 Å². The highest BCUT2D eigenvalue weighted by atomic mass is 16.6. The van der Waals surface area contributed by atoms with Gasteiger partial charge in [0.15, 0.2) is 0 Å². The first-order valence-corrected chi connectivity index (χ1v) is 9.08. The second-order valence-electron chi connectivity index (χ2n) is 6.30. The molecule has 2 amide bonds. The first-order valence-electron chi connectivity index (χ1n) is 9.08. The molecule has 3 aromatic rings. The summed E-state index contributed by atoms with van der Waals surface area (Å²) in [5.74, 6) is -1.89. The molecule has 0 radical (unpaired) electrons. The van der Waals surface area contributed by atoms with E-state index in [-0.39, 0.29) is 22.7 Å². The molecule has 0 saturated heterocycles.